The number of unbranched alkanes of at least 4 members (excludes halogenated alkanes) is 1. The molecule has 0 unspecified atom stereocenters. The van der Waals surface area contributed by atoms with Crippen molar-refractivity contribution >= 4 is 0 Å². The molecule has 46 heavy (non-hydrogen) atoms. The van der Waals surface area contributed by atoms with E-state index in [4.69, 9.17) is 19.5 Å². The zero-order chi connectivity index (χ0) is 33.0. The molecule has 12 heteroatoms. The van der Waals surface area contributed by atoms with Crippen LogP contribution >= 0.6 is 0 Å². The number of nitriles is 1. The normalized spacial score (nSPS) is 16.7. The largest absolute Gasteiger partial charge is 0.429 e. The fourth-order valence-corrected chi connectivity index (χ4v) is 4.83. The highest BCUT2D eigenvalue weighted by molar-refractivity contribution is 5.72. The van der Waals surface area contributed by atoms with Crippen LogP contribution < -0.4 is 4.74 Å². The van der Waals surface area contributed by atoms with Crippen molar-refractivity contribution < 1.29 is 49.7 Å². The molecule has 1 heterocycles. The highest BCUT2D eigenvalue weighted by Crippen LogP contribution is 2.37. The molecule has 0 spiro atoms. The summed E-state index contributed by atoms with van der Waals surface area (Å²) in [4.78, 5) is 0. The second kappa shape index (κ2) is 13.9. The van der Waals surface area contributed by atoms with Gasteiger partial charge in [0.05, 0.1) is 18.8 Å². The van der Waals surface area contributed by atoms with Crippen LogP contribution in [0.1, 0.15) is 42.7 Å². The van der Waals surface area contributed by atoms with Gasteiger partial charge in [-0.15, -0.1) is 0 Å². The van der Waals surface area contributed by atoms with E-state index in [0.717, 1.165) is 61.4 Å². The first-order valence-corrected chi connectivity index (χ1v) is 14.2. The summed E-state index contributed by atoms with van der Waals surface area (Å²) in [5.41, 5.74) is -2.37. The lowest BCUT2D eigenvalue weighted by molar-refractivity contribution is -0.230. The van der Waals surface area contributed by atoms with Crippen LogP contribution in [-0.4, -0.2) is 25.9 Å². The second-order valence-corrected chi connectivity index (χ2v) is 10.5. The van der Waals surface area contributed by atoms with Gasteiger partial charge in [0.25, 0.3) is 0 Å². The second-order valence-electron chi connectivity index (χ2n) is 10.5. The summed E-state index contributed by atoms with van der Waals surface area (Å²) in [6.07, 6.45) is -3.63. The summed E-state index contributed by atoms with van der Waals surface area (Å²) in [6, 6.07) is 11.8. The summed E-state index contributed by atoms with van der Waals surface area (Å²) < 4.78 is 124. The van der Waals surface area contributed by atoms with E-state index < -0.39 is 58.4 Å². The average molecular weight is 646 g/mol. The van der Waals surface area contributed by atoms with Gasteiger partial charge in [0.2, 0.25) is 0 Å². The van der Waals surface area contributed by atoms with Crippen molar-refractivity contribution in [2.45, 2.75) is 38.3 Å². The molecule has 1 aliphatic rings. The van der Waals surface area contributed by atoms with Gasteiger partial charge in [0, 0.05) is 29.4 Å². The van der Waals surface area contributed by atoms with Crippen molar-refractivity contribution in [3.8, 4) is 34.1 Å². The summed E-state index contributed by atoms with van der Waals surface area (Å²) in [6.45, 7) is 2.94. The Kier molecular flexibility index (Phi) is 9.96. The van der Waals surface area contributed by atoms with Gasteiger partial charge in [-0.3, -0.25) is 0 Å². The molecule has 240 valence electrons. The first-order chi connectivity index (χ1) is 22.0. The molecule has 0 N–H and O–H groups in total. The molecule has 1 aliphatic heterocycles. The number of rotatable bonds is 10. The summed E-state index contributed by atoms with van der Waals surface area (Å²) in [5.74, 6) is -6.31. The van der Waals surface area contributed by atoms with Gasteiger partial charge in [-0.2, -0.15) is 14.0 Å². The molecular weight excluding hydrogens is 619 g/mol. The van der Waals surface area contributed by atoms with Crippen molar-refractivity contribution in [2.24, 2.45) is 0 Å². The predicted molar refractivity (Wildman–Crippen MR) is 152 cm³/mol. The third kappa shape index (κ3) is 7.17. The standard InChI is InChI=1S/C34H26F7NO4/c1-2-3-10-43-23-17-44-33(45-18-23)20-5-9-27(32(39)12-20)34(40,41)46-22-6-8-24(31(38)15-22)19-4-7-25(28(35)11-19)21-13-29(36)26(16-42)30(37)14-21/h4-9,11-15,23,33H,2-3,10,17-18H2,1H3. The molecule has 5 nitrogen and oxygen atoms in total. The number of alkyl halides is 2. The highest BCUT2D eigenvalue weighted by atomic mass is 19.3. The van der Waals surface area contributed by atoms with Crippen LogP contribution in [0.3, 0.4) is 0 Å². The van der Waals surface area contributed by atoms with Crippen molar-refractivity contribution in [3.05, 3.63) is 113 Å². The molecule has 5 rings (SSSR count). The summed E-state index contributed by atoms with van der Waals surface area (Å²) in [7, 11) is 0. The zero-order valence-electron chi connectivity index (χ0n) is 24.3. The predicted octanol–water partition coefficient (Wildman–Crippen LogP) is 8.95. The SMILES string of the molecule is CCCCOC1COC(c2ccc(C(F)(F)Oc3ccc(-c4ccc(-c5cc(F)c(C#N)c(F)c5)c(F)c4)c(F)c3)c(F)c2)OC1. The Bertz CT molecular complexity index is 1740. The molecule has 0 aromatic heterocycles. The number of benzene rings is 4. The summed E-state index contributed by atoms with van der Waals surface area (Å²) in [5, 5.41) is 8.82. The summed E-state index contributed by atoms with van der Waals surface area (Å²) >= 11 is 0. The molecule has 4 aromatic rings. The maximum Gasteiger partial charge on any atom is 0.429 e. The van der Waals surface area contributed by atoms with Crippen LogP contribution in [0, 0.1) is 40.4 Å². The lowest BCUT2D eigenvalue weighted by atomic mass is 9.98. The molecule has 4 aromatic carbocycles. The molecule has 0 amide bonds. The number of halogens is 7. The topological polar surface area (TPSA) is 60.7 Å². The average Bonchev–Trinajstić information content (AvgIpc) is 3.01. The number of ether oxygens (including phenoxy) is 4. The van der Waals surface area contributed by atoms with E-state index >= 15 is 13.2 Å². The number of hydrogen-bond donors (Lipinski definition) is 0. The fraction of sp³-hybridized carbons (Fsp3) is 0.265. The van der Waals surface area contributed by atoms with Crippen LogP contribution in [-0.2, 0) is 20.3 Å². The lowest BCUT2D eigenvalue weighted by Crippen LogP contribution is -2.34. The van der Waals surface area contributed by atoms with Gasteiger partial charge in [0.15, 0.2) is 6.29 Å². The molecule has 0 bridgehead atoms. The molecule has 1 saturated heterocycles. The van der Waals surface area contributed by atoms with E-state index in [-0.39, 0.29) is 47.1 Å². The molecule has 0 radical (unpaired) electrons. The fourth-order valence-electron chi connectivity index (χ4n) is 4.83. The van der Waals surface area contributed by atoms with Crippen molar-refractivity contribution in [1.82, 2.24) is 0 Å². The van der Waals surface area contributed by atoms with Gasteiger partial charge in [0.1, 0.15) is 52.6 Å². The lowest BCUT2D eigenvalue weighted by Gasteiger charge is -2.30. The van der Waals surface area contributed by atoms with E-state index in [1.54, 1.807) is 0 Å². The van der Waals surface area contributed by atoms with Gasteiger partial charge in [-0.25, -0.2) is 22.0 Å². The zero-order valence-corrected chi connectivity index (χ0v) is 24.3. The Morgan fingerprint density at radius 3 is 2.02 bits per heavy atom. The van der Waals surface area contributed by atoms with Crippen LogP contribution in [0.2, 0.25) is 0 Å². The molecular formula is C34H26F7NO4. The van der Waals surface area contributed by atoms with Crippen LogP contribution in [0.4, 0.5) is 30.7 Å². The van der Waals surface area contributed by atoms with E-state index in [0.29, 0.717) is 12.7 Å². The Labute approximate surface area is 259 Å². The van der Waals surface area contributed by atoms with Crippen LogP contribution in [0.25, 0.3) is 22.3 Å². The Hall–Kier alpha value is -4.44. The van der Waals surface area contributed by atoms with E-state index in [1.807, 2.05) is 6.92 Å². The smallest absolute Gasteiger partial charge is 0.429 e. The van der Waals surface area contributed by atoms with Gasteiger partial charge >= 0.3 is 6.11 Å². The van der Waals surface area contributed by atoms with Crippen molar-refractivity contribution in [2.75, 3.05) is 19.8 Å². The molecule has 0 saturated carbocycles. The molecule has 0 atom stereocenters. The van der Waals surface area contributed by atoms with E-state index in [9.17, 15) is 17.6 Å². The van der Waals surface area contributed by atoms with E-state index in [2.05, 4.69) is 4.74 Å². The van der Waals surface area contributed by atoms with Gasteiger partial charge in [-0.05, 0) is 60.0 Å². The Balaban J connectivity index is 1.28. The Morgan fingerprint density at radius 2 is 1.41 bits per heavy atom. The van der Waals surface area contributed by atoms with Crippen molar-refractivity contribution in [1.29, 1.82) is 5.26 Å². The van der Waals surface area contributed by atoms with Crippen LogP contribution in [0.15, 0.2) is 66.7 Å². The Morgan fingerprint density at radius 1 is 0.783 bits per heavy atom. The third-order valence-corrected chi connectivity index (χ3v) is 7.23. The first-order valence-electron chi connectivity index (χ1n) is 14.2. The third-order valence-electron chi connectivity index (χ3n) is 7.23. The highest BCUT2D eigenvalue weighted by Gasteiger charge is 2.38. The molecule has 0 aliphatic carbocycles. The van der Waals surface area contributed by atoms with Crippen molar-refractivity contribution in [3.63, 3.8) is 0 Å². The number of nitrogens with zero attached hydrogens (tertiary/aromatic N) is 1. The van der Waals surface area contributed by atoms with Gasteiger partial charge < -0.3 is 18.9 Å². The maximum atomic E-state index is 15.0. The van der Waals surface area contributed by atoms with E-state index in [1.165, 1.54) is 18.2 Å². The minimum absolute atomic E-state index is 0.0146. The quantitative estimate of drug-likeness (QED) is 0.127. The minimum atomic E-state index is -4.21. The maximum absolute atomic E-state index is 15.0. The monoisotopic (exact) mass is 645 g/mol. The number of hydrogen-bond acceptors (Lipinski definition) is 5. The minimum Gasteiger partial charge on any atom is -0.429 e. The first kappa shape index (κ1) is 32.9. The van der Waals surface area contributed by atoms with Gasteiger partial charge in [-0.1, -0.05) is 31.5 Å². The van der Waals surface area contributed by atoms with Crippen LogP contribution in [0.5, 0.6) is 5.75 Å². The molecule has 1 fully saturated rings.